The van der Waals surface area contributed by atoms with Crippen LogP contribution in [0.15, 0.2) is 158 Å². The van der Waals surface area contributed by atoms with Gasteiger partial charge in [0.05, 0.1) is 11.4 Å². The third kappa shape index (κ3) is 3.95. The quantitative estimate of drug-likeness (QED) is 0.161. The largest absolute Gasteiger partial charge is 0.536 e. The molecule has 7 aromatic carbocycles. The highest BCUT2D eigenvalue weighted by molar-refractivity contribution is 6.75. The molecule has 0 saturated carbocycles. The molecule has 0 aliphatic carbocycles. The minimum atomic E-state index is -0.279. The summed E-state index contributed by atoms with van der Waals surface area (Å²) < 4.78 is 13.2. The summed E-state index contributed by atoms with van der Waals surface area (Å²) in [6.45, 7) is 0. The Balaban J connectivity index is 1.17. The maximum Gasteiger partial charge on any atom is 0.524 e. The number of hydrogen-bond acceptors (Lipinski definition) is 4. The number of rotatable bonds is 4. The van der Waals surface area contributed by atoms with Crippen LogP contribution >= 0.6 is 0 Å². The van der Waals surface area contributed by atoms with E-state index in [4.69, 9.17) is 9.31 Å². The van der Waals surface area contributed by atoms with E-state index in [0.29, 0.717) is 0 Å². The summed E-state index contributed by atoms with van der Waals surface area (Å²) in [6.07, 6.45) is 0. The van der Waals surface area contributed by atoms with Gasteiger partial charge in [0.25, 0.3) is 0 Å². The number of anilines is 4. The lowest BCUT2D eigenvalue weighted by molar-refractivity contribution is 0.603. The third-order valence-corrected chi connectivity index (χ3v) is 8.72. The molecule has 2 aliphatic heterocycles. The second-order valence-electron chi connectivity index (χ2n) is 11.3. The van der Waals surface area contributed by atoms with E-state index in [-0.39, 0.29) is 14.1 Å². The van der Waals surface area contributed by atoms with Gasteiger partial charge in [-0.15, -0.1) is 0 Å². The number of benzene rings is 7. The number of nitrogens with zero attached hydrogens (tertiary/aromatic N) is 2. The molecule has 6 heteroatoms. The molecule has 0 amide bonds. The predicted octanol–water partition coefficient (Wildman–Crippen LogP) is 7.84. The zero-order chi connectivity index (χ0) is 29.0. The van der Waals surface area contributed by atoms with Crippen molar-refractivity contribution >= 4 is 69.3 Å². The molecule has 0 saturated heterocycles. The molecule has 2 heterocycles. The van der Waals surface area contributed by atoms with Gasteiger partial charge >= 0.3 is 14.1 Å². The zero-order valence-electron chi connectivity index (χ0n) is 23.9. The average Bonchev–Trinajstić information content (AvgIpc) is 3.68. The SMILES string of the molecule is c1ccc(N2B(c3ccc4ccc5ccc(B6Oc7ccccc7N6c6ccccc6)cc5c4c3)Oc3ccccc32)cc1. The first-order chi connectivity index (χ1) is 21.8. The minimum Gasteiger partial charge on any atom is -0.536 e. The van der Waals surface area contributed by atoms with Gasteiger partial charge in [-0.1, -0.05) is 109 Å². The van der Waals surface area contributed by atoms with Crippen molar-refractivity contribution in [2.45, 2.75) is 0 Å². The molecule has 2 aliphatic rings. The van der Waals surface area contributed by atoms with Crippen LogP contribution in [-0.4, -0.2) is 14.1 Å². The van der Waals surface area contributed by atoms with E-state index in [2.05, 4.69) is 131 Å². The van der Waals surface area contributed by atoms with Crippen LogP contribution in [0.1, 0.15) is 0 Å². The fourth-order valence-corrected chi connectivity index (χ4v) is 6.66. The number of para-hydroxylation sites is 6. The average molecular weight is 564 g/mol. The Bertz CT molecular complexity index is 2020. The van der Waals surface area contributed by atoms with Crippen LogP contribution < -0.4 is 29.9 Å². The van der Waals surface area contributed by atoms with Gasteiger partial charge < -0.3 is 18.9 Å². The Morgan fingerprint density at radius 1 is 0.386 bits per heavy atom. The molecule has 0 unspecified atom stereocenters. The summed E-state index contributed by atoms with van der Waals surface area (Å²) in [6, 6.07) is 55.3. The molecule has 0 fully saturated rings. The Hall–Kier alpha value is -5.61. The summed E-state index contributed by atoms with van der Waals surface area (Å²) in [5.41, 5.74) is 6.55. The minimum absolute atomic E-state index is 0.279. The Morgan fingerprint density at radius 2 is 0.773 bits per heavy atom. The van der Waals surface area contributed by atoms with Crippen molar-refractivity contribution in [1.82, 2.24) is 0 Å². The van der Waals surface area contributed by atoms with Gasteiger partial charge in [-0.05, 0) is 81.0 Å². The van der Waals surface area contributed by atoms with Crippen LogP contribution in [0.5, 0.6) is 11.5 Å². The Kier molecular flexibility index (Phi) is 5.66. The molecule has 9 rings (SSSR count). The highest BCUT2D eigenvalue weighted by Gasteiger charge is 2.41. The molecule has 0 radical (unpaired) electrons. The van der Waals surface area contributed by atoms with Crippen LogP contribution in [0.4, 0.5) is 22.7 Å². The van der Waals surface area contributed by atoms with E-state index < -0.39 is 0 Å². The summed E-state index contributed by atoms with van der Waals surface area (Å²) >= 11 is 0. The van der Waals surface area contributed by atoms with E-state index in [1.165, 1.54) is 21.5 Å². The summed E-state index contributed by atoms with van der Waals surface area (Å²) in [5, 5.41) is 4.76. The first-order valence-electron chi connectivity index (χ1n) is 15.0. The molecule has 0 atom stereocenters. The van der Waals surface area contributed by atoms with Crippen molar-refractivity contribution in [3.05, 3.63) is 158 Å². The van der Waals surface area contributed by atoms with Crippen molar-refractivity contribution in [2.24, 2.45) is 0 Å². The summed E-state index contributed by atoms with van der Waals surface area (Å²) in [4.78, 5) is 4.57. The van der Waals surface area contributed by atoms with Gasteiger partial charge in [-0.2, -0.15) is 0 Å². The maximum absolute atomic E-state index is 6.62. The van der Waals surface area contributed by atoms with Crippen molar-refractivity contribution in [1.29, 1.82) is 0 Å². The predicted molar refractivity (Wildman–Crippen MR) is 184 cm³/mol. The molecule has 206 valence electrons. The fourth-order valence-electron chi connectivity index (χ4n) is 6.66. The molecular formula is C38H26B2N2O2. The second kappa shape index (κ2) is 9.99. The second-order valence-corrected chi connectivity index (χ2v) is 11.3. The van der Waals surface area contributed by atoms with Crippen LogP contribution in [0.3, 0.4) is 0 Å². The van der Waals surface area contributed by atoms with Crippen molar-refractivity contribution in [3.8, 4) is 11.5 Å². The highest BCUT2D eigenvalue weighted by Crippen LogP contribution is 2.42. The normalized spacial score (nSPS) is 13.6. The van der Waals surface area contributed by atoms with Crippen LogP contribution in [0.25, 0.3) is 21.5 Å². The Labute approximate surface area is 257 Å². The van der Waals surface area contributed by atoms with Gasteiger partial charge in [0.1, 0.15) is 11.5 Å². The molecular weight excluding hydrogens is 538 g/mol. The van der Waals surface area contributed by atoms with Crippen molar-refractivity contribution < 1.29 is 9.31 Å². The van der Waals surface area contributed by atoms with E-state index in [9.17, 15) is 0 Å². The third-order valence-electron chi connectivity index (χ3n) is 8.72. The van der Waals surface area contributed by atoms with E-state index >= 15 is 0 Å². The summed E-state index contributed by atoms with van der Waals surface area (Å²) in [7, 11) is -0.558. The van der Waals surface area contributed by atoms with Crippen LogP contribution in [0.2, 0.25) is 0 Å². The molecule has 0 aromatic heterocycles. The lowest BCUT2D eigenvalue weighted by atomic mass is 9.69. The van der Waals surface area contributed by atoms with Crippen LogP contribution in [0, 0.1) is 0 Å². The molecule has 44 heavy (non-hydrogen) atoms. The highest BCUT2D eigenvalue weighted by atomic mass is 16.5. The van der Waals surface area contributed by atoms with Crippen molar-refractivity contribution in [3.63, 3.8) is 0 Å². The van der Waals surface area contributed by atoms with E-state index in [0.717, 1.165) is 45.2 Å². The van der Waals surface area contributed by atoms with Gasteiger partial charge in [-0.3, -0.25) is 0 Å². The first-order valence-corrected chi connectivity index (χ1v) is 15.0. The Morgan fingerprint density at radius 3 is 1.23 bits per heavy atom. The number of hydrogen-bond donors (Lipinski definition) is 0. The lowest BCUT2D eigenvalue weighted by Crippen LogP contribution is -2.47. The standard InChI is InChI=1S/C38H26B2N2O2/c1-3-11-31(12-4-1)41-35-15-7-9-17-37(35)43-39(41)29-23-21-27-19-20-28-22-24-30(26-34(28)33(27)25-29)40-42(32-13-5-2-6-14-32)36-16-8-10-18-38(36)44-40/h1-26H. The van der Waals surface area contributed by atoms with Gasteiger partial charge in [0.15, 0.2) is 0 Å². The number of fused-ring (bicyclic) bond motifs is 5. The van der Waals surface area contributed by atoms with Gasteiger partial charge in [-0.25, -0.2) is 0 Å². The van der Waals surface area contributed by atoms with E-state index in [1.54, 1.807) is 0 Å². The fraction of sp³-hybridized carbons (Fsp3) is 0. The summed E-state index contributed by atoms with van der Waals surface area (Å²) in [5.74, 6) is 1.78. The van der Waals surface area contributed by atoms with Crippen LogP contribution in [-0.2, 0) is 0 Å². The first kappa shape index (κ1) is 24.9. The van der Waals surface area contributed by atoms with Crippen molar-refractivity contribution in [2.75, 3.05) is 9.62 Å². The molecule has 7 aromatic rings. The maximum atomic E-state index is 6.62. The zero-order valence-corrected chi connectivity index (χ0v) is 23.9. The smallest absolute Gasteiger partial charge is 0.524 e. The van der Waals surface area contributed by atoms with Gasteiger partial charge in [0, 0.05) is 11.4 Å². The molecule has 0 bridgehead atoms. The molecule has 0 N–H and O–H groups in total. The topological polar surface area (TPSA) is 24.9 Å². The monoisotopic (exact) mass is 564 g/mol. The van der Waals surface area contributed by atoms with Gasteiger partial charge in [0.2, 0.25) is 0 Å². The lowest BCUT2D eigenvalue weighted by Gasteiger charge is -2.23. The molecule has 4 nitrogen and oxygen atoms in total. The molecule has 0 spiro atoms. The van der Waals surface area contributed by atoms with E-state index in [1.807, 2.05) is 36.4 Å².